The van der Waals surface area contributed by atoms with Gasteiger partial charge in [0.15, 0.2) is 6.61 Å². The van der Waals surface area contributed by atoms with Gasteiger partial charge in [0.2, 0.25) is 5.91 Å². The van der Waals surface area contributed by atoms with E-state index in [0.29, 0.717) is 18.1 Å². The number of nitrogens with one attached hydrogen (secondary N) is 1. The van der Waals surface area contributed by atoms with E-state index in [1.54, 1.807) is 16.7 Å². The molecule has 3 rings (SSSR count). The molecule has 134 valence electrons. The third kappa shape index (κ3) is 3.41. The molecule has 3 aliphatic rings. The maximum Gasteiger partial charge on any atom is 0.330 e. The lowest BCUT2D eigenvalue weighted by Crippen LogP contribution is -2.48. The van der Waals surface area contributed by atoms with Gasteiger partial charge in [0.25, 0.3) is 5.91 Å². The number of hydrogen-bond donors (Lipinski definition) is 1. The van der Waals surface area contributed by atoms with Crippen molar-refractivity contribution in [3.05, 3.63) is 0 Å². The summed E-state index contributed by atoms with van der Waals surface area (Å²) in [6, 6.07) is -0.383. The van der Waals surface area contributed by atoms with Gasteiger partial charge in [-0.05, 0) is 32.1 Å². The van der Waals surface area contributed by atoms with E-state index < -0.39 is 12.0 Å². The van der Waals surface area contributed by atoms with Gasteiger partial charge in [-0.15, -0.1) is 11.8 Å². The number of carbonyl (C=O) groups excluding carboxylic acids is 3. The first-order valence-electron chi connectivity index (χ1n) is 8.83. The van der Waals surface area contributed by atoms with E-state index in [1.165, 1.54) is 6.42 Å². The second-order valence-corrected chi connectivity index (χ2v) is 8.81. The number of rotatable bonds is 4. The summed E-state index contributed by atoms with van der Waals surface area (Å²) < 4.78 is 5.21. The van der Waals surface area contributed by atoms with E-state index in [4.69, 9.17) is 4.74 Å². The van der Waals surface area contributed by atoms with E-state index in [1.807, 2.05) is 6.92 Å². The molecule has 2 saturated heterocycles. The van der Waals surface area contributed by atoms with Crippen molar-refractivity contribution in [3.8, 4) is 0 Å². The first kappa shape index (κ1) is 17.6. The van der Waals surface area contributed by atoms with Gasteiger partial charge >= 0.3 is 5.97 Å². The fourth-order valence-corrected chi connectivity index (χ4v) is 5.42. The molecule has 0 spiro atoms. The Hall–Kier alpha value is -1.24. The number of amides is 2. The molecule has 0 aromatic carbocycles. The average Bonchev–Trinajstić information content (AvgIpc) is 3.04. The Labute approximate surface area is 147 Å². The van der Waals surface area contributed by atoms with Gasteiger partial charge in [0.1, 0.15) is 6.04 Å². The van der Waals surface area contributed by atoms with Crippen molar-refractivity contribution in [1.82, 2.24) is 10.2 Å². The molecule has 7 heteroatoms. The van der Waals surface area contributed by atoms with Gasteiger partial charge in [0.05, 0.1) is 4.87 Å². The van der Waals surface area contributed by atoms with Crippen molar-refractivity contribution in [2.45, 2.75) is 69.3 Å². The molecule has 0 aromatic rings. The SMILES string of the molecule is C[C@H]1CCCC[C@H]1NC(=O)COC(=O)[C@@H]1CS[C@@]2(C)CCC(=O)N12. The van der Waals surface area contributed by atoms with Crippen LogP contribution in [0.15, 0.2) is 0 Å². The van der Waals surface area contributed by atoms with Crippen molar-refractivity contribution in [3.63, 3.8) is 0 Å². The second-order valence-electron chi connectivity index (χ2n) is 7.31. The highest BCUT2D eigenvalue weighted by atomic mass is 32.2. The summed E-state index contributed by atoms with van der Waals surface area (Å²) in [5.41, 5.74) is 0. The van der Waals surface area contributed by atoms with E-state index in [2.05, 4.69) is 12.2 Å². The fraction of sp³-hybridized carbons (Fsp3) is 0.824. The summed E-state index contributed by atoms with van der Waals surface area (Å²) in [7, 11) is 0. The average molecular weight is 354 g/mol. The predicted octanol–water partition coefficient (Wildman–Crippen LogP) is 1.68. The van der Waals surface area contributed by atoms with Gasteiger partial charge < -0.3 is 15.0 Å². The number of hydrogen-bond acceptors (Lipinski definition) is 5. The Balaban J connectivity index is 1.49. The van der Waals surface area contributed by atoms with E-state index in [-0.39, 0.29) is 29.3 Å². The number of ether oxygens (including phenoxy) is 1. The van der Waals surface area contributed by atoms with Crippen molar-refractivity contribution < 1.29 is 19.1 Å². The summed E-state index contributed by atoms with van der Waals surface area (Å²) >= 11 is 1.62. The van der Waals surface area contributed by atoms with E-state index >= 15 is 0 Å². The van der Waals surface area contributed by atoms with Crippen LogP contribution in [0.3, 0.4) is 0 Å². The largest absolute Gasteiger partial charge is 0.454 e. The lowest BCUT2D eigenvalue weighted by Gasteiger charge is -2.30. The first-order chi connectivity index (χ1) is 11.4. The molecular formula is C17H26N2O4S. The van der Waals surface area contributed by atoms with Crippen molar-refractivity contribution >= 4 is 29.5 Å². The summed E-state index contributed by atoms with van der Waals surface area (Å²) in [5, 5.41) is 2.98. The van der Waals surface area contributed by atoms with Crippen LogP contribution in [0.1, 0.15) is 52.4 Å². The Morgan fingerprint density at radius 3 is 2.88 bits per heavy atom. The highest BCUT2D eigenvalue weighted by Crippen LogP contribution is 2.47. The van der Waals surface area contributed by atoms with Gasteiger partial charge in [-0.3, -0.25) is 9.59 Å². The number of esters is 1. The van der Waals surface area contributed by atoms with Crippen LogP contribution >= 0.6 is 11.8 Å². The summed E-state index contributed by atoms with van der Waals surface area (Å²) in [4.78, 5) is 37.8. The van der Waals surface area contributed by atoms with E-state index in [9.17, 15) is 14.4 Å². The monoisotopic (exact) mass is 354 g/mol. The quantitative estimate of drug-likeness (QED) is 0.778. The lowest BCUT2D eigenvalue weighted by atomic mass is 9.86. The third-order valence-corrected chi connectivity index (χ3v) is 7.03. The molecule has 24 heavy (non-hydrogen) atoms. The fourth-order valence-electron chi connectivity index (χ4n) is 4.01. The number of nitrogens with zero attached hydrogens (tertiary/aromatic N) is 1. The molecule has 2 heterocycles. The van der Waals surface area contributed by atoms with Crippen molar-refractivity contribution in [1.29, 1.82) is 0 Å². The smallest absolute Gasteiger partial charge is 0.330 e. The summed E-state index contributed by atoms with van der Waals surface area (Å²) in [5.74, 6) is 0.302. The van der Waals surface area contributed by atoms with Gasteiger partial charge in [-0.1, -0.05) is 19.8 Å². The molecule has 1 aliphatic carbocycles. The van der Waals surface area contributed by atoms with Crippen LogP contribution in [0.4, 0.5) is 0 Å². The summed E-state index contributed by atoms with van der Waals surface area (Å²) in [6.45, 7) is 3.88. The molecule has 0 unspecified atom stereocenters. The standard InChI is InChI=1S/C17H26N2O4S/c1-11-5-3-4-6-12(11)18-14(20)9-23-16(22)13-10-24-17(2)8-7-15(21)19(13)17/h11-13H,3-10H2,1-2H3,(H,18,20)/t11-,12+,13-,17-/m0/s1. The van der Waals surface area contributed by atoms with Crippen LogP contribution in [-0.2, 0) is 19.1 Å². The Morgan fingerprint density at radius 2 is 2.12 bits per heavy atom. The zero-order valence-electron chi connectivity index (χ0n) is 14.4. The molecule has 0 radical (unpaired) electrons. The minimum absolute atomic E-state index is 0.00457. The van der Waals surface area contributed by atoms with Crippen LogP contribution in [-0.4, -0.2) is 52.0 Å². The minimum Gasteiger partial charge on any atom is -0.454 e. The van der Waals surface area contributed by atoms with Crippen LogP contribution in [0, 0.1) is 5.92 Å². The van der Waals surface area contributed by atoms with Crippen LogP contribution in [0.2, 0.25) is 0 Å². The zero-order chi connectivity index (χ0) is 17.3. The molecule has 0 aromatic heterocycles. The molecule has 1 N–H and O–H groups in total. The molecule has 1 saturated carbocycles. The first-order valence-corrected chi connectivity index (χ1v) is 9.81. The van der Waals surface area contributed by atoms with Gasteiger partial charge in [0, 0.05) is 18.2 Å². The molecule has 2 aliphatic heterocycles. The summed E-state index contributed by atoms with van der Waals surface area (Å²) in [6.07, 6.45) is 5.70. The highest BCUT2D eigenvalue weighted by molar-refractivity contribution is 8.01. The van der Waals surface area contributed by atoms with Crippen molar-refractivity contribution in [2.75, 3.05) is 12.4 Å². The van der Waals surface area contributed by atoms with Crippen LogP contribution < -0.4 is 5.32 Å². The van der Waals surface area contributed by atoms with Gasteiger partial charge in [-0.2, -0.15) is 0 Å². The second kappa shape index (κ2) is 6.94. The highest BCUT2D eigenvalue weighted by Gasteiger charge is 2.53. The molecule has 2 amide bonds. The van der Waals surface area contributed by atoms with Crippen LogP contribution in [0.25, 0.3) is 0 Å². The van der Waals surface area contributed by atoms with E-state index in [0.717, 1.165) is 25.7 Å². The number of carbonyl (C=O) groups is 3. The predicted molar refractivity (Wildman–Crippen MR) is 91.3 cm³/mol. The Kier molecular flexibility index (Phi) is 5.08. The number of fused-ring (bicyclic) bond motifs is 1. The zero-order valence-corrected chi connectivity index (χ0v) is 15.2. The maximum absolute atomic E-state index is 12.3. The van der Waals surface area contributed by atoms with Gasteiger partial charge in [-0.25, -0.2) is 4.79 Å². The normalized spacial score (nSPS) is 35.7. The molecule has 4 atom stereocenters. The molecule has 0 bridgehead atoms. The third-order valence-electron chi connectivity index (χ3n) is 5.52. The minimum atomic E-state index is -0.559. The van der Waals surface area contributed by atoms with Crippen LogP contribution in [0.5, 0.6) is 0 Å². The topological polar surface area (TPSA) is 75.7 Å². The molecular weight excluding hydrogens is 328 g/mol. The lowest BCUT2D eigenvalue weighted by molar-refractivity contribution is -0.156. The number of thioether (sulfide) groups is 1. The Morgan fingerprint density at radius 1 is 1.38 bits per heavy atom. The van der Waals surface area contributed by atoms with Crippen molar-refractivity contribution in [2.24, 2.45) is 5.92 Å². The molecule has 3 fully saturated rings. The maximum atomic E-state index is 12.3. The molecule has 6 nitrogen and oxygen atoms in total. The Bertz CT molecular complexity index is 541.